The van der Waals surface area contributed by atoms with Crippen molar-refractivity contribution in [1.29, 1.82) is 0 Å². The van der Waals surface area contributed by atoms with Crippen LogP contribution in [0.25, 0.3) is 0 Å². The Kier molecular flexibility index (Phi) is 4.25. The van der Waals surface area contributed by atoms with Gasteiger partial charge in [-0.2, -0.15) is 0 Å². The van der Waals surface area contributed by atoms with Gasteiger partial charge in [-0.25, -0.2) is 0 Å². The van der Waals surface area contributed by atoms with Crippen LogP contribution in [0, 0.1) is 5.92 Å². The molecule has 0 bridgehead atoms. The van der Waals surface area contributed by atoms with Gasteiger partial charge in [0.2, 0.25) is 0 Å². The standard InChI is InChI=1S/C15H23NO2/c1-3-18-14-6-4-5-12(9-14)10-16-15(2,11-17)13-7-8-13/h4-6,9,13,16-17H,3,7-8,10-11H2,1-2H3. The van der Waals surface area contributed by atoms with E-state index < -0.39 is 0 Å². The second-order valence-electron chi connectivity index (χ2n) is 5.28. The van der Waals surface area contributed by atoms with Crippen molar-refractivity contribution in [3.63, 3.8) is 0 Å². The van der Waals surface area contributed by atoms with Gasteiger partial charge in [-0.1, -0.05) is 12.1 Å². The van der Waals surface area contributed by atoms with Gasteiger partial charge < -0.3 is 15.2 Å². The molecule has 1 aliphatic rings. The normalized spacial score (nSPS) is 18.4. The monoisotopic (exact) mass is 249 g/mol. The highest BCUT2D eigenvalue weighted by Crippen LogP contribution is 2.39. The van der Waals surface area contributed by atoms with Crippen LogP contribution in [-0.2, 0) is 6.54 Å². The predicted octanol–water partition coefficient (Wildman–Crippen LogP) is 2.34. The predicted molar refractivity (Wildman–Crippen MR) is 72.7 cm³/mol. The number of ether oxygens (including phenoxy) is 1. The van der Waals surface area contributed by atoms with Gasteiger partial charge in [-0.15, -0.1) is 0 Å². The van der Waals surface area contributed by atoms with Crippen LogP contribution >= 0.6 is 0 Å². The van der Waals surface area contributed by atoms with Crippen molar-refractivity contribution in [3.05, 3.63) is 29.8 Å². The number of aliphatic hydroxyl groups excluding tert-OH is 1. The van der Waals surface area contributed by atoms with Crippen molar-refractivity contribution in [1.82, 2.24) is 5.32 Å². The molecule has 0 radical (unpaired) electrons. The number of hydrogen-bond acceptors (Lipinski definition) is 3. The van der Waals surface area contributed by atoms with Crippen LogP contribution < -0.4 is 10.1 Å². The molecule has 0 aliphatic heterocycles. The van der Waals surface area contributed by atoms with E-state index >= 15 is 0 Å². The highest BCUT2D eigenvalue weighted by Gasteiger charge is 2.40. The first-order valence-electron chi connectivity index (χ1n) is 6.75. The third kappa shape index (κ3) is 3.24. The van der Waals surface area contributed by atoms with Gasteiger partial charge in [0.25, 0.3) is 0 Å². The quantitative estimate of drug-likeness (QED) is 0.779. The van der Waals surface area contributed by atoms with Gasteiger partial charge in [-0.05, 0) is 50.3 Å². The van der Waals surface area contributed by atoms with E-state index in [0.29, 0.717) is 12.5 Å². The highest BCUT2D eigenvalue weighted by atomic mass is 16.5. The molecule has 100 valence electrons. The molecule has 2 N–H and O–H groups in total. The Bertz CT molecular complexity index is 390. The lowest BCUT2D eigenvalue weighted by molar-refractivity contribution is 0.153. The summed E-state index contributed by atoms with van der Waals surface area (Å²) in [5.41, 5.74) is 1.06. The van der Waals surface area contributed by atoms with Crippen LogP contribution in [0.3, 0.4) is 0 Å². The highest BCUT2D eigenvalue weighted by molar-refractivity contribution is 5.28. The molecule has 0 aromatic heterocycles. The van der Waals surface area contributed by atoms with Crippen molar-refractivity contribution >= 4 is 0 Å². The lowest BCUT2D eigenvalue weighted by Crippen LogP contribution is -2.47. The van der Waals surface area contributed by atoms with E-state index in [2.05, 4.69) is 24.4 Å². The molecule has 18 heavy (non-hydrogen) atoms. The zero-order valence-electron chi connectivity index (χ0n) is 11.3. The summed E-state index contributed by atoms with van der Waals surface area (Å²) in [5, 5.41) is 13.0. The molecule has 1 aliphatic carbocycles. The Labute approximate surface area is 109 Å². The second kappa shape index (κ2) is 5.72. The smallest absolute Gasteiger partial charge is 0.119 e. The lowest BCUT2D eigenvalue weighted by atomic mass is 9.96. The molecule has 3 nitrogen and oxygen atoms in total. The van der Waals surface area contributed by atoms with Gasteiger partial charge in [-0.3, -0.25) is 0 Å². The van der Waals surface area contributed by atoms with Crippen molar-refractivity contribution in [2.24, 2.45) is 5.92 Å². The van der Waals surface area contributed by atoms with Crippen molar-refractivity contribution < 1.29 is 9.84 Å². The molecule has 1 saturated carbocycles. The fourth-order valence-corrected chi connectivity index (χ4v) is 2.27. The van der Waals surface area contributed by atoms with Crippen LogP contribution in [0.2, 0.25) is 0 Å². The van der Waals surface area contributed by atoms with Gasteiger partial charge in [0.15, 0.2) is 0 Å². The van der Waals surface area contributed by atoms with E-state index in [-0.39, 0.29) is 12.1 Å². The molecule has 2 rings (SSSR count). The van der Waals surface area contributed by atoms with Gasteiger partial charge in [0.05, 0.1) is 13.2 Å². The third-order valence-corrected chi connectivity index (χ3v) is 3.71. The fraction of sp³-hybridized carbons (Fsp3) is 0.600. The summed E-state index contributed by atoms with van der Waals surface area (Å²) in [6, 6.07) is 8.12. The number of hydrogen-bond donors (Lipinski definition) is 2. The second-order valence-corrected chi connectivity index (χ2v) is 5.28. The first-order valence-corrected chi connectivity index (χ1v) is 6.75. The summed E-state index contributed by atoms with van der Waals surface area (Å²) >= 11 is 0. The minimum atomic E-state index is -0.137. The third-order valence-electron chi connectivity index (χ3n) is 3.71. The molecule has 1 fully saturated rings. The SMILES string of the molecule is CCOc1cccc(CNC(C)(CO)C2CC2)c1. The van der Waals surface area contributed by atoms with E-state index in [1.807, 2.05) is 19.1 Å². The first-order chi connectivity index (χ1) is 8.68. The van der Waals surface area contributed by atoms with Crippen LogP contribution in [0.1, 0.15) is 32.3 Å². The summed E-state index contributed by atoms with van der Waals surface area (Å²) in [6.45, 7) is 5.75. The van der Waals surface area contributed by atoms with Crippen LogP contribution in [0.15, 0.2) is 24.3 Å². The molecule has 0 spiro atoms. The average Bonchev–Trinajstić information content (AvgIpc) is 3.22. The van der Waals surface area contributed by atoms with E-state index in [1.165, 1.54) is 18.4 Å². The van der Waals surface area contributed by atoms with Crippen molar-refractivity contribution in [2.75, 3.05) is 13.2 Å². The summed E-state index contributed by atoms with van der Waals surface area (Å²) in [7, 11) is 0. The van der Waals surface area contributed by atoms with E-state index in [1.54, 1.807) is 0 Å². The minimum absolute atomic E-state index is 0.137. The zero-order valence-corrected chi connectivity index (χ0v) is 11.3. The molecule has 1 aromatic rings. The van der Waals surface area contributed by atoms with Gasteiger partial charge in [0.1, 0.15) is 5.75 Å². The Balaban J connectivity index is 1.94. The Hall–Kier alpha value is -1.06. The number of nitrogens with one attached hydrogen (secondary N) is 1. The topological polar surface area (TPSA) is 41.5 Å². The van der Waals surface area contributed by atoms with Crippen LogP contribution in [0.4, 0.5) is 0 Å². The molecular formula is C15H23NO2. The molecular weight excluding hydrogens is 226 g/mol. The Morgan fingerprint density at radius 2 is 2.22 bits per heavy atom. The first kappa shape index (κ1) is 13.4. The molecule has 0 amide bonds. The Morgan fingerprint density at radius 1 is 1.44 bits per heavy atom. The van der Waals surface area contributed by atoms with Crippen LogP contribution in [0.5, 0.6) is 5.75 Å². The van der Waals surface area contributed by atoms with E-state index in [4.69, 9.17) is 4.74 Å². The van der Waals surface area contributed by atoms with E-state index in [0.717, 1.165) is 12.3 Å². The summed E-state index contributed by atoms with van der Waals surface area (Å²) in [6.07, 6.45) is 2.45. The molecule has 1 atom stereocenters. The maximum Gasteiger partial charge on any atom is 0.119 e. The molecule has 3 heteroatoms. The maximum absolute atomic E-state index is 9.53. The van der Waals surface area contributed by atoms with Crippen LogP contribution in [-0.4, -0.2) is 23.9 Å². The van der Waals surface area contributed by atoms with Gasteiger partial charge >= 0.3 is 0 Å². The number of benzene rings is 1. The number of aliphatic hydroxyl groups is 1. The minimum Gasteiger partial charge on any atom is -0.494 e. The zero-order chi connectivity index (χ0) is 13.0. The van der Waals surface area contributed by atoms with Gasteiger partial charge in [0, 0.05) is 12.1 Å². The molecule has 0 heterocycles. The fourth-order valence-electron chi connectivity index (χ4n) is 2.27. The number of rotatable bonds is 7. The lowest BCUT2D eigenvalue weighted by Gasteiger charge is -2.29. The molecule has 1 unspecified atom stereocenters. The average molecular weight is 249 g/mol. The molecule has 0 saturated heterocycles. The Morgan fingerprint density at radius 3 is 2.83 bits per heavy atom. The summed E-state index contributed by atoms with van der Waals surface area (Å²) in [4.78, 5) is 0. The van der Waals surface area contributed by atoms with E-state index in [9.17, 15) is 5.11 Å². The molecule has 1 aromatic carbocycles. The van der Waals surface area contributed by atoms with Crippen molar-refractivity contribution in [2.45, 2.75) is 38.8 Å². The summed E-state index contributed by atoms with van der Waals surface area (Å²) < 4.78 is 5.49. The summed E-state index contributed by atoms with van der Waals surface area (Å²) in [5.74, 6) is 1.53. The largest absolute Gasteiger partial charge is 0.494 e. The maximum atomic E-state index is 9.53. The van der Waals surface area contributed by atoms with Crippen molar-refractivity contribution in [3.8, 4) is 5.75 Å².